The maximum atomic E-state index is 6.42. The van der Waals surface area contributed by atoms with E-state index in [0.717, 1.165) is 35.9 Å². The number of rotatable bonds is 6. The molecule has 0 spiro atoms. The van der Waals surface area contributed by atoms with Gasteiger partial charge in [0.1, 0.15) is 0 Å². The van der Waals surface area contributed by atoms with Gasteiger partial charge in [0, 0.05) is 29.5 Å². The fourth-order valence-electron chi connectivity index (χ4n) is 2.42. The molecule has 0 aromatic heterocycles. The molecule has 0 heterocycles. The van der Waals surface area contributed by atoms with E-state index in [2.05, 4.69) is 73.5 Å². The SMILES string of the molecule is CCNCc1ccc(N(CC)c2cccc(C)c2)cc1Cl. The standard InChI is InChI=1S/C18H23ClN2/c1-4-20-13-15-9-10-17(12-18(15)19)21(5-2)16-8-6-7-14(3)11-16/h6-12,20H,4-5,13H2,1-3H3. The molecule has 1 N–H and O–H groups in total. The number of hydrogen-bond acceptors (Lipinski definition) is 2. The van der Waals surface area contributed by atoms with E-state index >= 15 is 0 Å². The predicted octanol–water partition coefficient (Wildman–Crippen LogP) is 4.92. The van der Waals surface area contributed by atoms with Crippen molar-refractivity contribution in [3.8, 4) is 0 Å². The number of nitrogens with zero attached hydrogens (tertiary/aromatic N) is 1. The topological polar surface area (TPSA) is 15.3 Å². The Balaban J connectivity index is 2.28. The first-order valence-electron chi connectivity index (χ1n) is 7.49. The van der Waals surface area contributed by atoms with Gasteiger partial charge in [-0.2, -0.15) is 0 Å². The molecule has 0 bridgehead atoms. The Bertz CT molecular complexity index is 596. The number of hydrogen-bond donors (Lipinski definition) is 1. The third-order valence-electron chi connectivity index (χ3n) is 3.54. The number of anilines is 2. The van der Waals surface area contributed by atoms with Crippen LogP contribution in [0, 0.1) is 6.92 Å². The normalized spacial score (nSPS) is 10.7. The maximum absolute atomic E-state index is 6.42. The zero-order chi connectivity index (χ0) is 15.2. The second kappa shape index (κ2) is 7.48. The van der Waals surface area contributed by atoms with Crippen molar-refractivity contribution in [2.45, 2.75) is 27.3 Å². The molecule has 0 radical (unpaired) electrons. The van der Waals surface area contributed by atoms with Crippen LogP contribution in [0.3, 0.4) is 0 Å². The number of halogens is 1. The minimum atomic E-state index is 0.812. The van der Waals surface area contributed by atoms with Crippen molar-refractivity contribution < 1.29 is 0 Å². The molecule has 0 atom stereocenters. The molecule has 0 fully saturated rings. The summed E-state index contributed by atoms with van der Waals surface area (Å²) in [6.07, 6.45) is 0. The van der Waals surface area contributed by atoms with Gasteiger partial charge in [-0.05, 0) is 55.8 Å². The average Bonchev–Trinajstić information content (AvgIpc) is 2.47. The highest BCUT2D eigenvalue weighted by atomic mass is 35.5. The number of nitrogens with one attached hydrogen (secondary N) is 1. The molecule has 0 aliphatic heterocycles. The summed E-state index contributed by atoms with van der Waals surface area (Å²) in [6.45, 7) is 9.03. The van der Waals surface area contributed by atoms with Crippen molar-refractivity contribution in [2.24, 2.45) is 0 Å². The van der Waals surface area contributed by atoms with E-state index < -0.39 is 0 Å². The monoisotopic (exact) mass is 302 g/mol. The molecule has 0 saturated carbocycles. The zero-order valence-corrected chi connectivity index (χ0v) is 13.7. The van der Waals surface area contributed by atoms with Crippen LogP contribution in [0.15, 0.2) is 42.5 Å². The molecule has 0 unspecified atom stereocenters. The summed E-state index contributed by atoms with van der Waals surface area (Å²) in [7, 11) is 0. The lowest BCUT2D eigenvalue weighted by atomic mass is 10.1. The van der Waals surface area contributed by atoms with Crippen LogP contribution in [-0.2, 0) is 6.54 Å². The summed E-state index contributed by atoms with van der Waals surface area (Å²) in [5, 5.41) is 4.13. The molecule has 2 rings (SSSR count). The molecule has 2 aromatic rings. The Kier molecular flexibility index (Phi) is 5.66. The second-order valence-electron chi connectivity index (χ2n) is 5.14. The summed E-state index contributed by atoms with van der Waals surface area (Å²) in [6, 6.07) is 14.8. The van der Waals surface area contributed by atoms with E-state index in [1.54, 1.807) is 0 Å². The van der Waals surface area contributed by atoms with E-state index in [-0.39, 0.29) is 0 Å². The van der Waals surface area contributed by atoms with Crippen LogP contribution in [0.25, 0.3) is 0 Å². The number of aryl methyl sites for hydroxylation is 1. The van der Waals surface area contributed by atoms with Gasteiger partial charge in [-0.25, -0.2) is 0 Å². The van der Waals surface area contributed by atoms with Gasteiger partial charge in [-0.1, -0.05) is 36.7 Å². The van der Waals surface area contributed by atoms with E-state index in [4.69, 9.17) is 11.6 Å². The van der Waals surface area contributed by atoms with Crippen LogP contribution in [0.2, 0.25) is 5.02 Å². The van der Waals surface area contributed by atoms with Gasteiger partial charge in [0.2, 0.25) is 0 Å². The summed E-state index contributed by atoms with van der Waals surface area (Å²) in [5.74, 6) is 0. The van der Waals surface area contributed by atoms with Crippen LogP contribution in [0.4, 0.5) is 11.4 Å². The number of benzene rings is 2. The smallest absolute Gasteiger partial charge is 0.0471 e. The second-order valence-corrected chi connectivity index (χ2v) is 5.55. The Morgan fingerprint density at radius 2 is 1.81 bits per heavy atom. The molecular weight excluding hydrogens is 280 g/mol. The van der Waals surface area contributed by atoms with Crippen LogP contribution in [0.1, 0.15) is 25.0 Å². The van der Waals surface area contributed by atoms with Crippen LogP contribution >= 0.6 is 11.6 Å². The van der Waals surface area contributed by atoms with Crippen molar-refractivity contribution >= 4 is 23.0 Å². The van der Waals surface area contributed by atoms with Crippen molar-refractivity contribution in [3.05, 3.63) is 58.6 Å². The Hall–Kier alpha value is -1.51. The minimum absolute atomic E-state index is 0.812. The van der Waals surface area contributed by atoms with E-state index in [9.17, 15) is 0 Å². The molecule has 0 aliphatic rings. The maximum Gasteiger partial charge on any atom is 0.0471 e. The van der Waals surface area contributed by atoms with Gasteiger partial charge in [0.25, 0.3) is 0 Å². The highest BCUT2D eigenvalue weighted by Crippen LogP contribution is 2.29. The third kappa shape index (κ3) is 3.99. The van der Waals surface area contributed by atoms with Crippen molar-refractivity contribution in [3.63, 3.8) is 0 Å². The summed E-state index contributed by atoms with van der Waals surface area (Å²) in [5.41, 5.74) is 4.74. The highest BCUT2D eigenvalue weighted by molar-refractivity contribution is 6.31. The predicted molar refractivity (Wildman–Crippen MR) is 92.7 cm³/mol. The first-order valence-corrected chi connectivity index (χ1v) is 7.86. The largest absolute Gasteiger partial charge is 0.342 e. The Labute approximate surface area is 132 Å². The fraction of sp³-hybridized carbons (Fsp3) is 0.333. The Morgan fingerprint density at radius 1 is 1.05 bits per heavy atom. The fourth-order valence-corrected chi connectivity index (χ4v) is 2.66. The summed E-state index contributed by atoms with van der Waals surface area (Å²) >= 11 is 6.42. The van der Waals surface area contributed by atoms with Gasteiger partial charge < -0.3 is 10.2 Å². The van der Waals surface area contributed by atoms with E-state index in [1.807, 2.05) is 0 Å². The lowest BCUT2D eigenvalue weighted by Gasteiger charge is -2.24. The molecular formula is C18H23ClN2. The zero-order valence-electron chi connectivity index (χ0n) is 13.0. The van der Waals surface area contributed by atoms with Gasteiger partial charge in [-0.15, -0.1) is 0 Å². The molecule has 0 amide bonds. The van der Waals surface area contributed by atoms with E-state index in [0.29, 0.717) is 0 Å². The highest BCUT2D eigenvalue weighted by Gasteiger charge is 2.09. The van der Waals surface area contributed by atoms with Crippen molar-refractivity contribution in [1.29, 1.82) is 0 Å². The molecule has 2 nitrogen and oxygen atoms in total. The van der Waals surface area contributed by atoms with Crippen molar-refractivity contribution in [1.82, 2.24) is 5.32 Å². The molecule has 3 heteroatoms. The molecule has 0 aliphatic carbocycles. The first-order chi connectivity index (χ1) is 10.2. The first kappa shape index (κ1) is 15.9. The average molecular weight is 303 g/mol. The molecule has 21 heavy (non-hydrogen) atoms. The molecule has 0 saturated heterocycles. The van der Waals surface area contributed by atoms with Gasteiger partial charge in [-0.3, -0.25) is 0 Å². The van der Waals surface area contributed by atoms with Crippen molar-refractivity contribution in [2.75, 3.05) is 18.0 Å². The van der Waals surface area contributed by atoms with Crippen LogP contribution < -0.4 is 10.2 Å². The third-order valence-corrected chi connectivity index (χ3v) is 3.90. The van der Waals surface area contributed by atoms with Gasteiger partial charge >= 0.3 is 0 Å². The summed E-state index contributed by atoms with van der Waals surface area (Å²) in [4.78, 5) is 2.27. The molecule has 112 valence electrons. The lowest BCUT2D eigenvalue weighted by Crippen LogP contribution is -2.17. The molecule has 2 aromatic carbocycles. The Morgan fingerprint density at radius 3 is 2.43 bits per heavy atom. The van der Waals surface area contributed by atoms with Crippen LogP contribution in [0.5, 0.6) is 0 Å². The van der Waals surface area contributed by atoms with Gasteiger partial charge in [0.05, 0.1) is 0 Å². The van der Waals surface area contributed by atoms with Crippen LogP contribution in [-0.4, -0.2) is 13.1 Å². The minimum Gasteiger partial charge on any atom is -0.342 e. The van der Waals surface area contributed by atoms with Gasteiger partial charge in [0.15, 0.2) is 0 Å². The quantitative estimate of drug-likeness (QED) is 0.815. The van der Waals surface area contributed by atoms with E-state index in [1.165, 1.54) is 11.3 Å². The lowest BCUT2D eigenvalue weighted by molar-refractivity contribution is 0.727. The summed E-state index contributed by atoms with van der Waals surface area (Å²) < 4.78 is 0.